The number of carbonyl (C=O) groups is 1. The number of aromatic nitrogens is 2. The van der Waals surface area contributed by atoms with Crippen molar-refractivity contribution in [2.24, 2.45) is 7.05 Å². The molecule has 0 saturated carbocycles. The van der Waals surface area contributed by atoms with Gasteiger partial charge in [-0.1, -0.05) is 12.1 Å². The van der Waals surface area contributed by atoms with Crippen LogP contribution in [0.4, 0.5) is 11.4 Å². The zero-order valence-corrected chi connectivity index (χ0v) is 12.2. The van der Waals surface area contributed by atoms with Gasteiger partial charge in [-0.05, 0) is 31.4 Å². The number of nitrogens with one attached hydrogen (secondary N) is 1. The molecule has 0 unspecified atom stereocenters. The monoisotopic (exact) mass is 284 g/mol. The van der Waals surface area contributed by atoms with E-state index in [1.54, 1.807) is 24.1 Å². The minimum absolute atomic E-state index is 0.118. The molecule has 2 aromatic rings. The second-order valence-corrected chi connectivity index (χ2v) is 5.42. The number of aryl methyl sites for hydroxylation is 1. The van der Waals surface area contributed by atoms with Crippen molar-refractivity contribution in [3.8, 4) is 0 Å². The van der Waals surface area contributed by atoms with Gasteiger partial charge in [0.1, 0.15) is 0 Å². The molecule has 0 spiro atoms. The van der Waals surface area contributed by atoms with Gasteiger partial charge in [-0.25, -0.2) is 0 Å². The Bertz CT molecular complexity index is 629. The quantitative estimate of drug-likeness (QED) is 0.942. The van der Waals surface area contributed by atoms with Gasteiger partial charge in [-0.2, -0.15) is 5.10 Å². The number of hydrogen-bond donors (Lipinski definition) is 1. The van der Waals surface area contributed by atoms with Crippen molar-refractivity contribution in [3.63, 3.8) is 0 Å². The molecule has 0 bridgehead atoms. The van der Waals surface area contributed by atoms with Crippen LogP contribution in [0.25, 0.3) is 0 Å². The zero-order chi connectivity index (χ0) is 14.7. The second-order valence-electron chi connectivity index (χ2n) is 5.42. The lowest BCUT2D eigenvalue weighted by atomic mass is 10.1. The first-order valence-corrected chi connectivity index (χ1v) is 7.38. The first-order valence-electron chi connectivity index (χ1n) is 7.38. The van der Waals surface area contributed by atoms with E-state index in [4.69, 9.17) is 0 Å². The largest absolute Gasteiger partial charge is 0.370 e. The predicted octanol–water partition coefficient (Wildman–Crippen LogP) is 2.66. The smallest absolute Gasteiger partial charge is 0.258 e. The van der Waals surface area contributed by atoms with Crippen LogP contribution < -0.4 is 10.2 Å². The van der Waals surface area contributed by atoms with Crippen molar-refractivity contribution in [2.45, 2.75) is 19.3 Å². The molecule has 21 heavy (non-hydrogen) atoms. The molecule has 1 aliphatic heterocycles. The molecule has 5 nitrogen and oxygen atoms in total. The SMILES string of the molecule is Cn1cc(C(=O)Nc2ccccc2N2CCCCC2)cn1. The number of carbonyl (C=O) groups excluding carboxylic acids is 1. The highest BCUT2D eigenvalue weighted by atomic mass is 16.1. The van der Waals surface area contributed by atoms with Crippen LogP contribution in [0.15, 0.2) is 36.7 Å². The molecule has 110 valence electrons. The van der Waals surface area contributed by atoms with Crippen molar-refractivity contribution in [1.82, 2.24) is 9.78 Å². The molecule has 1 N–H and O–H groups in total. The minimum atomic E-state index is -0.118. The van der Waals surface area contributed by atoms with Crippen molar-refractivity contribution in [2.75, 3.05) is 23.3 Å². The van der Waals surface area contributed by atoms with E-state index in [2.05, 4.69) is 21.4 Å². The Balaban J connectivity index is 1.80. The first-order chi connectivity index (χ1) is 10.2. The summed E-state index contributed by atoms with van der Waals surface area (Å²) in [6.07, 6.45) is 7.02. The molecule has 3 rings (SSSR count). The molecule has 1 amide bonds. The number of hydrogen-bond acceptors (Lipinski definition) is 3. The average molecular weight is 284 g/mol. The van der Waals surface area contributed by atoms with Gasteiger partial charge in [-0.3, -0.25) is 9.48 Å². The third-order valence-electron chi connectivity index (χ3n) is 3.82. The summed E-state index contributed by atoms with van der Waals surface area (Å²) in [5, 5.41) is 7.04. The number of benzene rings is 1. The molecule has 0 atom stereocenters. The molecule has 1 aromatic carbocycles. The van der Waals surface area contributed by atoms with E-state index in [0.29, 0.717) is 5.56 Å². The topological polar surface area (TPSA) is 50.2 Å². The van der Waals surface area contributed by atoms with E-state index in [9.17, 15) is 4.79 Å². The van der Waals surface area contributed by atoms with E-state index in [1.807, 2.05) is 18.2 Å². The Labute approximate surface area is 124 Å². The van der Waals surface area contributed by atoms with Gasteiger partial charge in [0, 0.05) is 26.3 Å². The molecular formula is C16H20N4O. The Kier molecular flexibility index (Phi) is 3.90. The lowest BCUT2D eigenvalue weighted by Crippen LogP contribution is -2.30. The fraction of sp³-hybridized carbons (Fsp3) is 0.375. The van der Waals surface area contributed by atoms with Crippen LogP contribution in [-0.4, -0.2) is 28.8 Å². The summed E-state index contributed by atoms with van der Waals surface area (Å²) in [5.41, 5.74) is 2.55. The fourth-order valence-corrected chi connectivity index (χ4v) is 2.72. The molecule has 2 heterocycles. The summed E-state index contributed by atoms with van der Waals surface area (Å²) in [7, 11) is 1.80. The third-order valence-corrected chi connectivity index (χ3v) is 3.82. The van der Waals surface area contributed by atoms with E-state index >= 15 is 0 Å². The molecule has 1 fully saturated rings. The van der Waals surface area contributed by atoms with Gasteiger partial charge < -0.3 is 10.2 Å². The lowest BCUT2D eigenvalue weighted by Gasteiger charge is -2.30. The highest BCUT2D eigenvalue weighted by Gasteiger charge is 2.16. The second kappa shape index (κ2) is 5.99. The summed E-state index contributed by atoms with van der Waals surface area (Å²) >= 11 is 0. The van der Waals surface area contributed by atoms with Crippen LogP contribution in [-0.2, 0) is 7.05 Å². The molecule has 0 aliphatic carbocycles. The van der Waals surface area contributed by atoms with Gasteiger partial charge in [0.25, 0.3) is 5.91 Å². The molecule has 1 saturated heterocycles. The molecule has 1 aromatic heterocycles. The summed E-state index contributed by atoms with van der Waals surface area (Å²) in [6, 6.07) is 8.00. The van der Waals surface area contributed by atoms with Crippen molar-refractivity contribution >= 4 is 17.3 Å². The van der Waals surface area contributed by atoms with Crippen molar-refractivity contribution < 1.29 is 4.79 Å². The molecule has 0 radical (unpaired) electrons. The van der Waals surface area contributed by atoms with Crippen LogP contribution in [0.1, 0.15) is 29.6 Å². The van der Waals surface area contributed by atoms with Crippen LogP contribution in [0, 0.1) is 0 Å². The van der Waals surface area contributed by atoms with Crippen molar-refractivity contribution in [3.05, 3.63) is 42.2 Å². The maximum Gasteiger partial charge on any atom is 0.258 e. The number of rotatable bonds is 3. The van der Waals surface area contributed by atoms with E-state index < -0.39 is 0 Å². The van der Waals surface area contributed by atoms with E-state index in [1.165, 1.54) is 19.3 Å². The van der Waals surface area contributed by atoms with Gasteiger partial charge in [0.2, 0.25) is 0 Å². The van der Waals surface area contributed by atoms with Gasteiger partial charge in [0.05, 0.1) is 23.1 Å². The summed E-state index contributed by atoms with van der Waals surface area (Å²) < 4.78 is 1.63. The summed E-state index contributed by atoms with van der Waals surface area (Å²) in [5.74, 6) is -0.118. The van der Waals surface area contributed by atoms with Crippen LogP contribution >= 0.6 is 0 Å². The van der Waals surface area contributed by atoms with Crippen LogP contribution in [0.2, 0.25) is 0 Å². The third kappa shape index (κ3) is 3.07. The maximum absolute atomic E-state index is 12.3. The maximum atomic E-state index is 12.3. The Morgan fingerprint density at radius 2 is 1.95 bits per heavy atom. The number of nitrogens with zero attached hydrogens (tertiary/aromatic N) is 3. The standard InChI is InChI=1S/C16H20N4O/c1-19-12-13(11-17-19)16(21)18-14-7-3-4-8-15(14)20-9-5-2-6-10-20/h3-4,7-8,11-12H,2,5-6,9-10H2,1H3,(H,18,21). The number of anilines is 2. The molecule has 1 aliphatic rings. The molecule has 5 heteroatoms. The highest BCUT2D eigenvalue weighted by molar-refractivity contribution is 6.05. The van der Waals surface area contributed by atoms with Crippen LogP contribution in [0.3, 0.4) is 0 Å². The normalized spacial score (nSPS) is 15.0. The summed E-state index contributed by atoms with van der Waals surface area (Å²) in [4.78, 5) is 14.6. The van der Waals surface area contributed by atoms with Crippen molar-refractivity contribution in [1.29, 1.82) is 0 Å². The minimum Gasteiger partial charge on any atom is -0.370 e. The van der Waals surface area contributed by atoms with E-state index in [-0.39, 0.29) is 5.91 Å². The lowest BCUT2D eigenvalue weighted by molar-refractivity contribution is 0.102. The van der Waals surface area contributed by atoms with Gasteiger partial charge >= 0.3 is 0 Å². The number of para-hydroxylation sites is 2. The van der Waals surface area contributed by atoms with E-state index in [0.717, 1.165) is 24.5 Å². The highest BCUT2D eigenvalue weighted by Crippen LogP contribution is 2.28. The first kappa shape index (κ1) is 13.7. The molecular weight excluding hydrogens is 264 g/mol. The predicted molar refractivity (Wildman–Crippen MR) is 83.7 cm³/mol. The number of amides is 1. The Morgan fingerprint density at radius 3 is 2.67 bits per heavy atom. The van der Waals surface area contributed by atoms with Gasteiger partial charge in [0.15, 0.2) is 0 Å². The van der Waals surface area contributed by atoms with Crippen LogP contribution in [0.5, 0.6) is 0 Å². The zero-order valence-electron chi connectivity index (χ0n) is 12.2. The van der Waals surface area contributed by atoms with Gasteiger partial charge in [-0.15, -0.1) is 0 Å². The number of piperidine rings is 1. The Morgan fingerprint density at radius 1 is 1.19 bits per heavy atom. The Hall–Kier alpha value is -2.30. The summed E-state index contributed by atoms with van der Waals surface area (Å²) in [6.45, 7) is 2.11. The fourth-order valence-electron chi connectivity index (χ4n) is 2.72. The average Bonchev–Trinajstić information content (AvgIpc) is 2.95.